The molecule has 1 aliphatic rings. The molecule has 1 fully saturated rings. The summed E-state index contributed by atoms with van der Waals surface area (Å²) in [6.45, 7) is 7.90. The van der Waals surface area contributed by atoms with Crippen molar-refractivity contribution >= 4 is 39.1 Å². The van der Waals surface area contributed by atoms with Gasteiger partial charge >= 0.3 is 0 Å². The van der Waals surface area contributed by atoms with Gasteiger partial charge < -0.3 is 10.4 Å². The van der Waals surface area contributed by atoms with Crippen molar-refractivity contribution in [3.63, 3.8) is 0 Å². The Hall–Kier alpha value is -1.17. The molecule has 2 aromatic rings. The van der Waals surface area contributed by atoms with Gasteiger partial charge in [0.15, 0.2) is 0 Å². The van der Waals surface area contributed by atoms with Crippen LogP contribution < -0.4 is 5.32 Å². The molecule has 6 heteroatoms. The van der Waals surface area contributed by atoms with E-state index in [9.17, 15) is 5.11 Å². The minimum atomic E-state index is -0.859. The number of nitrogens with zero attached hydrogens (tertiary/aromatic N) is 1. The highest BCUT2D eigenvalue weighted by molar-refractivity contribution is 9.10. The molecule has 0 bridgehead atoms. The Morgan fingerprint density at radius 2 is 2.00 bits per heavy atom. The van der Waals surface area contributed by atoms with Crippen LogP contribution in [0, 0.1) is 0 Å². The standard InChI is InChI=1S/C13H19BrN2O.C13H14Cl2/c1-9-3-5-11(16-9)7-13(2,17)12-6-4-10(14)8-15-12;1-3-6-11(10(2)14)9-12-7-4-5-8-13(12)15/h4,6,8-9,11,16-17H,3,5,7H2,1-2H3;3-8H,9H2,1-2H3/b;6-3-,11-10-. The summed E-state index contributed by atoms with van der Waals surface area (Å²) in [6.07, 6.45) is 9.55. The summed E-state index contributed by atoms with van der Waals surface area (Å²) in [6, 6.07) is 12.6. The number of rotatable bonds is 6. The minimum Gasteiger partial charge on any atom is -0.384 e. The normalized spacial score (nSPS) is 21.0. The molecule has 3 nitrogen and oxygen atoms in total. The molecule has 1 saturated heterocycles. The zero-order valence-electron chi connectivity index (χ0n) is 19.2. The van der Waals surface area contributed by atoms with Crippen LogP contribution in [-0.4, -0.2) is 22.2 Å². The number of aromatic nitrogens is 1. The maximum Gasteiger partial charge on any atom is 0.105 e. The van der Waals surface area contributed by atoms with Gasteiger partial charge in [-0.05, 0) is 92.2 Å². The smallest absolute Gasteiger partial charge is 0.105 e. The molecular formula is C26H33BrCl2N2O. The SMILES string of the molecule is C/C=C\C(Cc1ccccc1Cl)=C(/C)Cl.CC1CCC(CC(C)(O)c2ccc(Br)cn2)N1. The first-order chi connectivity index (χ1) is 15.1. The summed E-state index contributed by atoms with van der Waals surface area (Å²) < 4.78 is 0.935. The summed E-state index contributed by atoms with van der Waals surface area (Å²) in [5.74, 6) is 0. The molecule has 32 heavy (non-hydrogen) atoms. The van der Waals surface area contributed by atoms with Gasteiger partial charge in [0.1, 0.15) is 5.60 Å². The summed E-state index contributed by atoms with van der Waals surface area (Å²) in [7, 11) is 0. The van der Waals surface area contributed by atoms with Gasteiger partial charge in [0, 0.05) is 39.2 Å². The van der Waals surface area contributed by atoms with Gasteiger partial charge in [-0.3, -0.25) is 4.98 Å². The number of aliphatic hydroxyl groups is 1. The van der Waals surface area contributed by atoms with E-state index in [0.717, 1.165) is 44.2 Å². The highest BCUT2D eigenvalue weighted by Crippen LogP contribution is 2.29. The summed E-state index contributed by atoms with van der Waals surface area (Å²) in [5, 5.41) is 15.6. The molecular weight excluding hydrogens is 507 g/mol. The second-order valence-electron chi connectivity index (χ2n) is 8.51. The Balaban J connectivity index is 0.000000229. The third-order valence-corrected chi connectivity index (χ3v) is 6.62. The molecule has 1 aromatic carbocycles. The molecule has 1 aromatic heterocycles. The van der Waals surface area contributed by atoms with Crippen LogP contribution in [0.5, 0.6) is 0 Å². The number of benzene rings is 1. The molecule has 0 amide bonds. The Morgan fingerprint density at radius 1 is 1.28 bits per heavy atom. The zero-order valence-corrected chi connectivity index (χ0v) is 22.3. The lowest BCUT2D eigenvalue weighted by Crippen LogP contribution is -2.35. The number of nitrogens with one attached hydrogen (secondary N) is 1. The van der Waals surface area contributed by atoms with Gasteiger partial charge in [-0.15, -0.1) is 0 Å². The lowest BCUT2D eigenvalue weighted by atomic mass is 9.92. The van der Waals surface area contributed by atoms with E-state index in [1.807, 2.05) is 69.3 Å². The Labute approximate surface area is 211 Å². The molecule has 2 N–H and O–H groups in total. The first-order valence-corrected chi connectivity index (χ1v) is 12.5. The van der Waals surface area contributed by atoms with Crippen LogP contribution >= 0.6 is 39.1 Å². The highest BCUT2D eigenvalue weighted by atomic mass is 79.9. The number of pyridine rings is 1. The van der Waals surface area contributed by atoms with Crippen molar-refractivity contribution in [1.82, 2.24) is 10.3 Å². The van der Waals surface area contributed by atoms with Crippen molar-refractivity contribution in [2.75, 3.05) is 0 Å². The van der Waals surface area contributed by atoms with Gasteiger partial charge in [0.25, 0.3) is 0 Å². The van der Waals surface area contributed by atoms with E-state index in [1.54, 1.807) is 6.20 Å². The Kier molecular flexibility index (Phi) is 10.9. The van der Waals surface area contributed by atoms with Gasteiger partial charge in [0.2, 0.25) is 0 Å². The molecule has 3 atom stereocenters. The van der Waals surface area contributed by atoms with E-state index in [1.165, 1.54) is 6.42 Å². The lowest BCUT2D eigenvalue weighted by molar-refractivity contribution is 0.0338. The van der Waals surface area contributed by atoms with E-state index >= 15 is 0 Å². The first-order valence-electron chi connectivity index (χ1n) is 10.9. The quantitative estimate of drug-likeness (QED) is 0.372. The molecule has 0 spiro atoms. The molecule has 2 heterocycles. The van der Waals surface area contributed by atoms with E-state index in [-0.39, 0.29) is 0 Å². The molecule has 0 radical (unpaired) electrons. The van der Waals surface area contributed by atoms with Crippen molar-refractivity contribution in [1.29, 1.82) is 0 Å². The fourth-order valence-electron chi connectivity index (χ4n) is 3.80. The average molecular weight is 540 g/mol. The average Bonchev–Trinajstić information content (AvgIpc) is 3.13. The zero-order chi connectivity index (χ0) is 23.7. The van der Waals surface area contributed by atoms with Crippen LogP contribution in [-0.2, 0) is 12.0 Å². The second-order valence-corrected chi connectivity index (χ2v) is 10.4. The third kappa shape index (κ3) is 8.64. The van der Waals surface area contributed by atoms with Crippen LogP contribution in [0.3, 0.4) is 0 Å². The van der Waals surface area contributed by atoms with Crippen LogP contribution in [0.25, 0.3) is 0 Å². The first kappa shape index (κ1) is 27.1. The lowest BCUT2D eigenvalue weighted by Gasteiger charge is -2.26. The summed E-state index contributed by atoms with van der Waals surface area (Å²) >= 11 is 15.4. The van der Waals surface area contributed by atoms with Gasteiger partial charge in [-0.2, -0.15) is 0 Å². The largest absolute Gasteiger partial charge is 0.384 e. The number of halogens is 3. The monoisotopic (exact) mass is 538 g/mol. The van der Waals surface area contributed by atoms with Gasteiger partial charge in [-0.25, -0.2) is 0 Å². The molecule has 3 unspecified atom stereocenters. The predicted molar refractivity (Wildman–Crippen MR) is 140 cm³/mol. The molecule has 3 rings (SSSR count). The van der Waals surface area contributed by atoms with Crippen molar-refractivity contribution in [3.8, 4) is 0 Å². The van der Waals surface area contributed by atoms with E-state index in [4.69, 9.17) is 23.2 Å². The minimum absolute atomic E-state index is 0.394. The van der Waals surface area contributed by atoms with Crippen LogP contribution in [0.2, 0.25) is 5.02 Å². The highest BCUT2D eigenvalue weighted by Gasteiger charge is 2.31. The molecule has 0 aliphatic carbocycles. The summed E-state index contributed by atoms with van der Waals surface area (Å²) in [5.41, 5.74) is 2.09. The Morgan fingerprint density at radius 3 is 2.53 bits per heavy atom. The fraction of sp³-hybridized carbons (Fsp3) is 0.423. The van der Waals surface area contributed by atoms with E-state index in [0.29, 0.717) is 18.5 Å². The van der Waals surface area contributed by atoms with Gasteiger partial charge in [0.05, 0.1) is 5.69 Å². The van der Waals surface area contributed by atoms with E-state index in [2.05, 4.69) is 33.2 Å². The van der Waals surface area contributed by atoms with Crippen molar-refractivity contribution < 1.29 is 5.11 Å². The van der Waals surface area contributed by atoms with Gasteiger partial charge in [-0.1, -0.05) is 53.6 Å². The number of hydrogen-bond acceptors (Lipinski definition) is 3. The van der Waals surface area contributed by atoms with Crippen LogP contribution in [0.15, 0.2) is 69.8 Å². The molecule has 0 saturated carbocycles. The van der Waals surface area contributed by atoms with E-state index < -0.39 is 5.60 Å². The fourth-order valence-corrected chi connectivity index (χ4v) is 4.37. The predicted octanol–water partition coefficient (Wildman–Crippen LogP) is 7.55. The topological polar surface area (TPSA) is 45.2 Å². The maximum absolute atomic E-state index is 10.5. The van der Waals surface area contributed by atoms with Crippen molar-refractivity contribution in [2.45, 2.75) is 71.1 Å². The second kappa shape index (κ2) is 12.9. The Bertz CT molecular complexity index is 922. The maximum atomic E-state index is 10.5. The summed E-state index contributed by atoms with van der Waals surface area (Å²) in [4.78, 5) is 4.29. The van der Waals surface area contributed by atoms with Crippen LogP contribution in [0.1, 0.15) is 58.2 Å². The number of hydrogen-bond donors (Lipinski definition) is 2. The molecule has 1 aliphatic heterocycles. The number of allylic oxidation sites excluding steroid dienone is 4. The third-order valence-electron chi connectivity index (χ3n) is 5.54. The van der Waals surface area contributed by atoms with Crippen molar-refractivity contribution in [3.05, 3.63) is 86.1 Å². The van der Waals surface area contributed by atoms with Crippen LogP contribution in [0.4, 0.5) is 0 Å². The van der Waals surface area contributed by atoms with Crippen molar-refractivity contribution in [2.24, 2.45) is 0 Å². The molecule has 174 valence electrons.